The Morgan fingerprint density at radius 1 is 1.00 bits per heavy atom. The second kappa shape index (κ2) is 13.1. The minimum atomic E-state index is -4.64. The van der Waals surface area contributed by atoms with Crippen LogP contribution in [-0.2, 0) is 40.0 Å². The van der Waals surface area contributed by atoms with Crippen molar-refractivity contribution < 1.29 is 41.4 Å². The van der Waals surface area contributed by atoms with Gasteiger partial charge in [0.15, 0.2) is 0 Å². The SMILES string of the molecule is CCOC(=O)Cc1ccc(Br)cc1OCc1cc(-c2cccc(CNC(=O)OC(C)(C)C)c2)c2occ(C(F)(F)F)c2c1. The van der Waals surface area contributed by atoms with Crippen molar-refractivity contribution in [3.63, 3.8) is 0 Å². The second-order valence-corrected chi connectivity index (χ2v) is 11.7. The summed E-state index contributed by atoms with van der Waals surface area (Å²) in [5.74, 6) is -0.0323. The molecule has 1 N–H and O–H groups in total. The summed E-state index contributed by atoms with van der Waals surface area (Å²) >= 11 is 3.40. The van der Waals surface area contributed by atoms with Crippen LogP contribution in [0.15, 0.2) is 69.8 Å². The lowest BCUT2D eigenvalue weighted by atomic mass is 9.97. The Kier molecular flexibility index (Phi) is 9.74. The number of furan rings is 1. The highest BCUT2D eigenvalue weighted by Gasteiger charge is 2.35. The van der Waals surface area contributed by atoms with E-state index >= 15 is 0 Å². The minimum absolute atomic E-state index is 0.0230. The van der Waals surface area contributed by atoms with E-state index in [9.17, 15) is 22.8 Å². The summed E-state index contributed by atoms with van der Waals surface area (Å²) in [6, 6.07) is 15.3. The zero-order chi connectivity index (χ0) is 31.4. The predicted molar refractivity (Wildman–Crippen MR) is 159 cm³/mol. The highest BCUT2D eigenvalue weighted by molar-refractivity contribution is 9.10. The molecule has 0 aliphatic heterocycles. The molecule has 0 spiro atoms. The van der Waals surface area contributed by atoms with E-state index in [2.05, 4.69) is 21.2 Å². The molecule has 0 bridgehead atoms. The minimum Gasteiger partial charge on any atom is -0.489 e. The van der Waals surface area contributed by atoms with E-state index in [1.54, 1.807) is 76.2 Å². The molecule has 7 nitrogen and oxygen atoms in total. The van der Waals surface area contributed by atoms with E-state index in [-0.39, 0.29) is 37.1 Å². The first kappa shape index (κ1) is 31.9. The lowest BCUT2D eigenvalue weighted by molar-refractivity contribution is -0.142. The summed E-state index contributed by atoms with van der Waals surface area (Å²) in [7, 11) is 0. The number of hydrogen-bond acceptors (Lipinski definition) is 6. The van der Waals surface area contributed by atoms with E-state index in [1.165, 1.54) is 6.07 Å². The first-order chi connectivity index (χ1) is 20.2. The predicted octanol–water partition coefficient (Wildman–Crippen LogP) is 8.59. The van der Waals surface area contributed by atoms with Crippen LogP contribution in [0.2, 0.25) is 0 Å². The topological polar surface area (TPSA) is 87.0 Å². The lowest BCUT2D eigenvalue weighted by Crippen LogP contribution is -2.32. The molecule has 11 heteroatoms. The standard InChI is InChI=1S/C32H31BrF3NO6/c1-5-40-28(38)14-22-9-10-23(33)15-27(22)41-17-20-12-24(29-25(13-20)26(18-42-29)32(34,35)36)21-8-6-7-19(11-21)16-37-30(39)43-31(2,3)4/h6-13,15,18H,5,14,16-17H2,1-4H3,(H,37,39). The van der Waals surface area contributed by atoms with Crippen molar-refractivity contribution in [3.8, 4) is 16.9 Å². The highest BCUT2D eigenvalue weighted by Crippen LogP contribution is 2.41. The van der Waals surface area contributed by atoms with Gasteiger partial charge >= 0.3 is 18.2 Å². The van der Waals surface area contributed by atoms with Gasteiger partial charge in [-0.3, -0.25) is 4.79 Å². The summed E-state index contributed by atoms with van der Waals surface area (Å²) in [5.41, 5.74) is 1.25. The van der Waals surface area contributed by atoms with Crippen molar-refractivity contribution in [1.29, 1.82) is 0 Å². The number of nitrogens with one attached hydrogen (secondary N) is 1. The zero-order valence-electron chi connectivity index (χ0n) is 24.1. The number of hydrogen-bond donors (Lipinski definition) is 1. The first-order valence-electron chi connectivity index (χ1n) is 13.5. The second-order valence-electron chi connectivity index (χ2n) is 10.7. The number of amides is 1. The number of carbonyl (C=O) groups is 2. The van der Waals surface area contributed by atoms with Crippen LogP contribution in [0, 0.1) is 0 Å². The maximum absolute atomic E-state index is 13.9. The van der Waals surface area contributed by atoms with Crippen LogP contribution in [0.5, 0.6) is 5.75 Å². The van der Waals surface area contributed by atoms with Gasteiger partial charge in [0.05, 0.1) is 13.0 Å². The molecular formula is C32H31BrF3NO6. The largest absolute Gasteiger partial charge is 0.489 e. The van der Waals surface area contributed by atoms with Gasteiger partial charge < -0.3 is 23.9 Å². The summed E-state index contributed by atoms with van der Waals surface area (Å²) in [6.45, 7) is 7.27. The molecule has 228 valence electrons. The molecule has 1 amide bonds. The summed E-state index contributed by atoms with van der Waals surface area (Å²) in [4.78, 5) is 24.2. The van der Waals surface area contributed by atoms with Crippen molar-refractivity contribution in [3.05, 3.63) is 87.6 Å². The first-order valence-corrected chi connectivity index (χ1v) is 14.3. The van der Waals surface area contributed by atoms with E-state index in [1.807, 2.05) is 0 Å². The fourth-order valence-corrected chi connectivity index (χ4v) is 4.73. The molecule has 4 rings (SSSR count). The van der Waals surface area contributed by atoms with Crippen LogP contribution in [0.25, 0.3) is 22.1 Å². The van der Waals surface area contributed by atoms with Gasteiger partial charge in [0, 0.05) is 27.5 Å². The summed E-state index contributed by atoms with van der Waals surface area (Å²) in [6.07, 6.45) is -4.54. The Hall–Kier alpha value is -3.99. The van der Waals surface area contributed by atoms with Crippen LogP contribution < -0.4 is 10.1 Å². The van der Waals surface area contributed by atoms with Crippen molar-refractivity contribution >= 4 is 39.0 Å². The van der Waals surface area contributed by atoms with Gasteiger partial charge in [-0.25, -0.2) is 4.79 Å². The molecule has 0 fully saturated rings. The third-order valence-corrected chi connectivity index (χ3v) is 6.67. The molecule has 1 heterocycles. The summed E-state index contributed by atoms with van der Waals surface area (Å²) < 4.78 is 64.3. The van der Waals surface area contributed by atoms with Crippen molar-refractivity contribution in [1.82, 2.24) is 5.32 Å². The van der Waals surface area contributed by atoms with E-state index < -0.39 is 29.4 Å². The van der Waals surface area contributed by atoms with Crippen molar-refractivity contribution in [2.24, 2.45) is 0 Å². The third-order valence-electron chi connectivity index (χ3n) is 6.18. The smallest absolute Gasteiger partial charge is 0.420 e. The molecule has 0 saturated heterocycles. The van der Waals surface area contributed by atoms with Crippen LogP contribution in [0.4, 0.5) is 18.0 Å². The Bertz CT molecular complexity index is 1620. The van der Waals surface area contributed by atoms with Gasteiger partial charge in [0.25, 0.3) is 0 Å². The quantitative estimate of drug-likeness (QED) is 0.181. The molecule has 4 aromatic rings. The molecule has 0 unspecified atom stereocenters. The Morgan fingerprint density at radius 3 is 2.47 bits per heavy atom. The molecule has 0 aliphatic carbocycles. The molecular weight excluding hydrogens is 631 g/mol. The van der Waals surface area contributed by atoms with Crippen LogP contribution in [-0.4, -0.2) is 24.3 Å². The van der Waals surface area contributed by atoms with Crippen LogP contribution in [0.1, 0.15) is 49.9 Å². The fraction of sp³-hybridized carbons (Fsp3) is 0.312. The number of esters is 1. The van der Waals surface area contributed by atoms with Crippen molar-refractivity contribution in [2.45, 2.75) is 59.0 Å². The average molecular weight is 662 g/mol. The Balaban J connectivity index is 1.68. The number of carbonyl (C=O) groups excluding carboxylic acids is 2. The molecule has 0 radical (unpaired) electrons. The van der Waals surface area contributed by atoms with Crippen LogP contribution >= 0.6 is 15.9 Å². The van der Waals surface area contributed by atoms with Gasteiger partial charge in [-0.05, 0) is 74.7 Å². The molecule has 0 aliphatic rings. The van der Waals surface area contributed by atoms with E-state index in [4.69, 9.17) is 18.6 Å². The third kappa shape index (κ3) is 8.53. The highest BCUT2D eigenvalue weighted by atomic mass is 79.9. The van der Waals surface area contributed by atoms with Gasteiger partial charge in [0.1, 0.15) is 35.4 Å². The number of alkyl carbamates (subject to hydrolysis) is 1. The maximum Gasteiger partial charge on any atom is 0.420 e. The van der Waals surface area contributed by atoms with Crippen LogP contribution in [0.3, 0.4) is 0 Å². The van der Waals surface area contributed by atoms with Gasteiger partial charge in [0.2, 0.25) is 0 Å². The number of halogens is 4. The van der Waals surface area contributed by atoms with E-state index in [0.717, 1.165) is 0 Å². The normalized spacial score (nSPS) is 11.8. The molecule has 1 aromatic heterocycles. The summed E-state index contributed by atoms with van der Waals surface area (Å²) in [5, 5.41) is 2.58. The fourth-order valence-electron chi connectivity index (χ4n) is 4.39. The molecule has 0 saturated carbocycles. The zero-order valence-corrected chi connectivity index (χ0v) is 25.6. The van der Waals surface area contributed by atoms with Gasteiger partial charge in [-0.2, -0.15) is 13.2 Å². The molecule has 43 heavy (non-hydrogen) atoms. The number of ether oxygens (including phenoxy) is 3. The molecule has 0 atom stereocenters. The van der Waals surface area contributed by atoms with E-state index in [0.29, 0.717) is 44.3 Å². The maximum atomic E-state index is 13.9. The number of alkyl halides is 3. The molecule has 3 aromatic carbocycles. The monoisotopic (exact) mass is 661 g/mol. The van der Waals surface area contributed by atoms with Crippen molar-refractivity contribution in [2.75, 3.05) is 6.61 Å². The number of rotatable bonds is 9. The number of fused-ring (bicyclic) bond motifs is 1. The van der Waals surface area contributed by atoms with Gasteiger partial charge in [-0.15, -0.1) is 0 Å². The Labute approximate surface area is 255 Å². The Morgan fingerprint density at radius 2 is 1.77 bits per heavy atom. The van der Waals surface area contributed by atoms with Gasteiger partial charge in [-0.1, -0.05) is 40.2 Å². The lowest BCUT2D eigenvalue weighted by Gasteiger charge is -2.19. The average Bonchev–Trinajstić information content (AvgIpc) is 3.36. The number of benzene rings is 3.